The summed E-state index contributed by atoms with van der Waals surface area (Å²) in [6.45, 7) is 1.69. The fraction of sp³-hybridized carbons (Fsp3) is 0.280. The second-order valence-corrected chi connectivity index (χ2v) is 8.37. The van der Waals surface area contributed by atoms with Gasteiger partial charge in [0.2, 0.25) is 5.71 Å². The Morgan fingerprint density at radius 1 is 1.16 bits per heavy atom. The maximum absolute atomic E-state index is 14.9. The Bertz CT molecular complexity index is 1190. The molecule has 0 atom stereocenters. The molecule has 3 heterocycles. The van der Waals surface area contributed by atoms with Crippen molar-refractivity contribution in [3.63, 3.8) is 0 Å². The van der Waals surface area contributed by atoms with Gasteiger partial charge in [-0.15, -0.1) is 0 Å². The maximum atomic E-state index is 14.9. The number of hydrogen-bond donors (Lipinski definition) is 1. The van der Waals surface area contributed by atoms with Crippen LogP contribution in [0.1, 0.15) is 29.7 Å². The number of halogens is 1. The SMILES string of the molecule is O=C(O)C1CN(CC2=CC(F)=C(c3cc4cc(Cc5ccccc5)cnc4o3)CC2)C1. The highest BCUT2D eigenvalue weighted by molar-refractivity contribution is 5.81. The molecular formula is C25H23FN2O3. The Morgan fingerprint density at radius 2 is 1.97 bits per heavy atom. The number of nitrogens with zero attached hydrogens (tertiary/aromatic N) is 2. The first-order valence-corrected chi connectivity index (χ1v) is 10.5. The number of aliphatic carboxylic acids is 1. The minimum Gasteiger partial charge on any atom is -0.481 e. The predicted molar refractivity (Wildman–Crippen MR) is 116 cm³/mol. The number of carboxylic acid groups (broad SMARTS) is 1. The van der Waals surface area contributed by atoms with E-state index >= 15 is 0 Å². The third kappa shape index (κ3) is 4.16. The molecule has 6 heteroatoms. The minimum atomic E-state index is -0.757. The average molecular weight is 418 g/mol. The molecule has 158 valence electrons. The van der Waals surface area contributed by atoms with Crippen LogP contribution in [0.3, 0.4) is 0 Å². The van der Waals surface area contributed by atoms with Crippen LogP contribution in [-0.2, 0) is 11.2 Å². The van der Waals surface area contributed by atoms with Crippen molar-refractivity contribution in [1.82, 2.24) is 9.88 Å². The molecule has 0 spiro atoms. The number of carboxylic acids is 1. The Labute approximate surface area is 179 Å². The van der Waals surface area contributed by atoms with Crippen LogP contribution in [0.5, 0.6) is 0 Å². The van der Waals surface area contributed by atoms with Crippen molar-refractivity contribution in [1.29, 1.82) is 0 Å². The highest BCUT2D eigenvalue weighted by Crippen LogP contribution is 2.35. The van der Waals surface area contributed by atoms with E-state index in [1.807, 2.05) is 41.4 Å². The Kier molecular flexibility index (Phi) is 5.16. The number of aromatic nitrogens is 1. The molecule has 1 aliphatic heterocycles. The molecule has 3 aromatic rings. The summed E-state index contributed by atoms with van der Waals surface area (Å²) >= 11 is 0. The zero-order valence-electron chi connectivity index (χ0n) is 17.1. The van der Waals surface area contributed by atoms with E-state index in [-0.39, 0.29) is 11.7 Å². The molecule has 1 saturated heterocycles. The molecule has 1 aromatic carbocycles. The van der Waals surface area contributed by atoms with Gasteiger partial charge in [-0.05, 0) is 48.6 Å². The molecule has 1 N–H and O–H groups in total. The molecular weight excluding hydrogens is 395 g/mol. The first-order chi connectivity index (χ1) is 15.0. The first-order valence-electron chi connectivity index (χ1n) is 10.5. The zero-order valence-corrected chi connectivity index (χ0v) is 17.1. The molecule has 0 radical (unpaired) electrons. The summed E-state index contributed by atoms with van der Waals surface area (Å²) in [5, 5.41) is 9.86. The van der Waals surface area contributed by atoms with Crippen molar-refractivity contribution in [2.24, 2.45) is 5.92 Å². The van der Waals surface area contributed by atoms with E-state index in [0.717, 1.165) is 29.4 Å². The standard InChI is InChI=1S/C25H23FN2O3/c26-22-10-17(13-28-14-20(15-28)25(29)30)6-7-21(22)23-11-19-9-18(12-27-24(19)31-23)8-16-4-2-1-3-5-16/h1-5,9-12,20H,6-8,13-15H2,(H,29,30). The van der Waals surface area contributed by atoms with Crippen molar-refractivity contribution < 1.29 is 18.7 Å². The summed E-state index contributed by atoms with van der Waals surface area (Å²) in [5.41, 5.74) is 4.37. The quantitative estimate of drug-likeness (QED) is 0.621. The highest BCUT2D eigenvalue weighted by Gasteiger charge is 2.33. The second-order valence-electron chi connectivity index (χ2n) is 8.37. The molecule has 2 aromatic heterocycles. The van der Waals surface area contributed by atoms with Gasteiger partial charge in [0.05, 0.1) is 5.92 Å². The van der Waals surface area contributed by atoms with Crippen LogP contribution >= 0.6 is 0 Å². The van der Waals surface area contributed by atoms with E-state index in [1.54, 1.807) is 6.08 Å². The molecule has 0 unspecified atom stereocenters. The van der Waals surface area contributed by atoms with Crippen LogP contribution in [0.4, 0.5) is 4.39 Å². The van der Waals surface area contributed by atoms with E-state index < -0.39 is 5.97 Å². The van der Waals surface area contributed by atoms with Crippen LogP contribution in [0, 0.1) is 5.92 Å². The third-order valence-corrected chi connectivity index (χ3v) is 6.03. The zero-order chi connectivity index (χ0) is 21.4. The number of carbonyl (C=O) groups is 1. The van der Waals surface area contributed by atoms with Gasteiger partial charge in [-0.2, -0.15) is 0 Å². The normalized spacial score (nSPS) is 17.6. The van der Waals surface area contributed by atoms with Crippen molar-refractivity contribution >= 4 is 22.6 Å². The smallest absolute Gasteiger partial charge is 0.309 e. The van der Waals surface area contributed by atoms with Crippen LogP contribution in [-0.4, -0.2) is 40.6 Å². The molecule has 0 amide bonds. The van der Waals surface area contributed by atoms with Gasteiger partial charge in [0, 0.05) is 36.8 Å². The van der Waals surface area contributed by atoms with Crippen LogP contribution in [0.15, 0.2) is 70.6 Å². The lowest BCUT2D eigenvalue weighted by Gasteiger charge is -2.37. The summed E-state index contributed by atoms with van der Waals surface area (Å²) in [6.07, 6.45) is 5.47. The molecule has 31 heavy (non-hydrogen) atoms. The molecule has 2 aliphatic rings. The van der Waals surface area contributed by atoms with Crippen molar-refractivity contribution in [3.8, 4) is 0 Å². The lowest BCUT2D eigenvalue weighted by Crippen LogP contribution is -2.50. The summed E-state index contributed by atoms with van der Waals surface area (Å²) in [6, 6.07) is 14.1. The van der Waals surface area contributed by atoms with Gasteiger partial charge in [0.15, 0.2) is 0 Å². The molecule has 0 saturated carbocycles. The maximum Gasteiger partial charge on any atom is 0.309 e. The number of rotatable bonds is 6. The topological polar surface area (TPSA) is 66.6 Å². The third-order valence-electron chi connectivity index (χ3n) is 6.03. The number of fused-ring (bicyclic) bond motifs is 1. The van der Waals surface area contributed by atoms with Crippen LogP contribution < -0.4 is 0 Å². The molecule has 0 bridgehead atoms. The lowest BCUT2D eigenvalue weighted by atomic mass is 9.93. The van der Waals surface area contributed by atoms with E-state index in [9.17, 15) is 9.18 Å². The molecule has 5 nitrogen and oxygen atoms in total. The van der Waals surface area contributed by atoms with Gasteiger partial charge in [-0.1, -0.05) is 35.9 Å². The molecule has 5 rings (SSSR count). The summed E-state index contributed by atoms with van der Waals surface area (Å²) < 4.78 is 20.7. The first kappa shape index (κ1) is 19.7. The van der Waals surface area contributed by atoms with Gasteiger partial charge in [-0.25, -0.2) is 9.37 Å². The van der Waals surface area contributed by atoms with Crippen LogP contribution in [0.2, 0.25) is 0 Å². The number of benzene rings is 1. The second kappa shape index (κ2) is 8.12. The van der Waals surface area contributed by atoms with E-state index in [4.69, 9.17) is 9.52 Å². The Balaban J connectivity index is 1.32. The van der Waals surface area contributed by atoms with Gasteiger partial charge in [-0.3, -0.25) is 9.69 Å². The monoisotopic (exact) mass is 418 g/mol. The molecule has 1 aliphatic carbocycles. The van der Waals surface area contributed by atoms with Gasteiger partial charge < -0.3 is 9.52 Å². The number of pyridine rings is 1. The Hall–Kier alpha value is -3.25. The number of furan rings is 1. The average Bonchev–Trinajstić information content (AvgIpc) is 3.14. The van der Waals surface area contributed by atoms with Crippen molar-refractivity contribution in [3.05, 3.63) is 83.0 Å². The van der Waals surface area contributed by atoms with Gasteiger partial charge >= 0.3 is 5.97 Å². The summed E-state index contributed by atoms with van der Waals surface area (Å²) in [5.74, 6) is -0.801. The van der Waals surface area contributed by atoms with Gasteiger partial charge in [0.1, 0.15) is 11.6 Å². The lowest BCUT2D eigenvalue weighted by molar-refractivity contribution is -0.147. The molecule has 1 fully saturated rings. The van der Waals surface area contributed by atoms with E-state index in [0.29, 0.717) is 43.1 Å². The minimum absolute atomic E-state index is 0.278. The van der Waals surface area contributed by atoms with E-state index in [2.05, 4.69) is 17.1 Å². The highest BCUT2D eigenvalue weighted by atomic mass is 19.1. The number of allylic oxidation sites excluding steroid dienone is 3. The number of likely N-dealkylation sites (tertiary alicyclic amines) is 1. The Morgan fingerprint density at radius 3 is 2.71 bits per heavy atom. The number of hydrogen-bond acceptors (Lipinski definition) is 4. The largest absolute Gasteiger partial charge is 0.481 e. The van der Waals surface area contributed by atoms with Crippen molar-refractivity contribution in [2.45, 2.75) is 19.3 Å². The van der Waals surface area contributed by atoms with E-state index in [1.165, 1.54) is 5.56 Å². The fourth-order valence-corrected chi connectivity index (χ4v) is 4.31. The van der Waals surface area contributed by atoms with Gasteiger partial charge in [0.25, 0.3) is 0 Å². The summed E-state index contributed by atoms with van der Waals surface area (Å²) in [4.78, 5) is 17.4. The predicted octanol–water partition coefficient (Wildman–Crippen LogP) is 4.84. The fourth-order valence-electron chi connectivity index (χ4n) is 4.31. The summed E-state index contributed by atoms with van der Waals surface area (Å²) in [7, 11) is 0. The van der Waals surface area contributed by atoms with Crippen molar-refractivity contribution in [2.75, 3.05) is 19.6 Å². The van der Waals surface area contributed by atoms with Crippen LogP contribution in [0.25, 0.3) is 16.7 Å².